The van der Waals surface area contributed by atoms with Crippen molar-refractivity contribution in [2.45, 2.75) is 77.8 Å². The van der Waals surface area contributed by atoms with E-state index in [-0.39, 0.29) is 11.9 Å². The Labute approximate surface area is 134 Å². The van der Waals surface area contributed by atoms with Crippen molar-refractivity contribution >= 4 is 11.6 Å². The van der Waals surface area contributed by atoms with Crippen LogP contribution in [0.15, 0.2) is 18.2 Å². The molecule has 1 fully saturated rings. The Bertz CT molecular complexity index is 470. The normalized spacial score (nSPS) is 18.3. The number of aryl methyl sites for hydroxylation is 2. The lowest BCUT2D eigenvalue weighted by molar-refractivity contribution is -0.118. The molecule has 1 aliphatic carbocycles. The molecule has 1 atom stereocenters. The summed E-state index contributed by atoms with van der Waals surface area (Å²) in [6, 6.07) is 6.43. The number of amides is 1. The minimum atomic E-state index is -0.150. The Morgan fingerprint density at radius 2 is 1.59 bits per heavy atom. The van der Waals surface area contributed by atoms with Crippen LogP contribution in [0.4, 0.5) is 5.69 Å². The second-order valence-electron chi connectivity index (χ2n) is 6.69. The zero-order valence-electron chi connectivity index (χ0n) is 14.2. The second-order valence-corrected chi connectivity index (χ2v) is 6.69. The first kappa shape index (κ1) is 17.0. The third kappa shape index (κ3) is 4.84. The maximum atomic E-state index is 12.5. The van der Waals surface area contributed by atoms with Gasteiger partial charge in [0.15, 0.2) is 0 Å². The SMILES string of the molecule is Cc1cccc(C)c1NC(=O)[C@@H](C)NC1CCCCCCC1. The van der Waals surface area contributed by atoms with Gasteiger partial charge in [0.1, 0.15) is 0 Å². The molecule has 1 aliphatic rings. The van der Waals surface area contributed by atoms with Crippen LogP contribution in [0.3, 0.4) is 0 Å². The van der Waals surface area contributed by atoms with Gasteiger partial charge in [0.25, 0.3) is 0 Å². The van der Waals surface area contributed by atoms with Crippen LogP contribution < -0.4 is 10.6 Å². The van der Waals surface area contributed by atoms with Crippen molar-refractivity contribution in [2.75, 3.05) is 5.32 Å². The Balaban J connectivity index is 1.91. The van der Waals surface area contributed by atoms with E-state index in [1.54, 1.807) is 0 Å². The smallest absolute Gasteiger partial charge is 0.241 e. The number of hydrogen-bond donors (Lipinski definition) is 2. The van der Waals surface area contributed by atoms with Gasteiger partial charge in [-0.25, -0.2) is 0 Å². The van der Waals surface area contributed by atoms with Crippen LogP contribution in [0.1, 0.15) is 63.0 Å². The van der Waals surface area contributed by atoms with Crippen LogP contribution in [0.25, 0.3) is 0 Å². The van der Waals surface area contributed by atoms with Gasteiger partial charge in [0.2, 0.25) is 5.91 Å². The molecular weight excluding hydrogens is 272 g/mol. The Kier molecular flexibility index (Phi) is 6.44. The predicted octanol–water partition coefficient (Wildman–Crippen LogP) is 4.33. The van der Waals surface area contributed by atoms with Crippen molar-refractivity contribution in [3.63, 3.8) is 0 Å². The fraction of sp³-hybridized carbons (Fsp3) is 0.632. The molecule has 0 aliphatic heterocycles. The third-order valence-corrected chi connectivity index (χ3v) is 4.71. The molecule has 0 saturated heterocycles. The fourth-order valence-electron chi connectivity index (χ4n) is 3.30. The van der Waals surface area contributed by atoms with Gasteiger partial charge in [0, 0.05) is 11.7 Å². The van der Waals surface area contributed by atoms with E-state index in [4.69, 9.17) is 0 Å². The summed E-state index contributed by atoms with van der Waals surface area (Å²) in [5.41, 5.74) is 3.19. The van der Waals surface area contributed by atoms with Gasteiger partial charge in [-0.1, -0.05) is 50.3 Å². The van der Waals surface area contributed by atoms with E-state index in [9.17, 15) is 4.79 Å². The molecule has 2 rings (SSSR count). The summed E-state index contributed by atoms with van der Waals surface area (Å²) in [6.07, 6.45) is 8.99. The summed E-state index contributed by atoms with van der Waals surface area (Å²) in [6.45, 7) is 6.05. The molecular formula is C19H30N2O. The number of para-hydroxylation sites is 1. The first-order chi connectivity index (χ1) is 10.6. The van der Waals surface area contributed by atoms with Crippen LogP contribution in [0.5, 0.6) is 0 Å². The lowest BCUT2D eigenvalue weighted by atomic mass is 9.96. The molecule has 0 spiro atoms. The fourth-order valence-corrected chi connectivity index (χ4v) is 3.30. The topological polar surface area (TPSA) is 41.1 Å². The van der Waals surface area contributed by atoms with E-state index in [1.807, 2.05) is 39.0 Å². The highest BCUT2D eigenvalue weighted by molar-refractivity contribution is 5.95. The van der Waals surface area contributed by atoms with E-state index < -0.39 is 0 Å². The molecule has 1 amide bonds. The highest BCUT2D eigenvalue weighted by Crippen LogP contribution is 2.20. The number of rotatable bonds is 4. The monoisotopic (exact) mass is 302 g/mol. The summed E-state index contributed by atoms with van der Waals surface area (Å²) in [5.74, 6) is 0.0689. The summed E-state index contributed by atoms with van der Waals surface area (Å²) in [5, 5.41) is 6.63. The van der Waals surface area contributed by atoms with E-state index >= 15 is 0 Å². The number of anilines is 1. The standard InChI is InChI=1S/C19H30N2O/c1-14-10-9-11-15(2)18(14)21-19(22)16(3)20-17-12-7-5-4-6-8-13-17/h9-11,16-17,20H,4-8,12-13H2,1-3H3,(H,21,22)/t16-/m1/s1. The number of carbonyl (C=O) groups excluding carboxylic acids is 1. The van der Waals surface area contributed by atoms with Crippen LogP contribution in [-0.4, -0.2) is 18.0 Å². The van der Waals surface area contributed by atoms with Crippen molar-refractivity contribution in [3.8, 4) is 0 Å². The molecule has 1 saturated carbocycles. The molecule has 0 bridgehead atoms. The summed E-state index contributed by atoms with van der Waals surface area (Å²) in [4.78, 5) is 12.5. The van der Waals surface area contributed by atoms with Crippen LogP contribution >= 0.6 is 0 Å². The van der Waals surface area contributed by atoms with Gasteiger partial charge in [-0.05, 0) is 44.7 Å². The predicted molar refractivity (Wildman–Crippen MR) is 93.3 cm³/mol. The van der Waals surface area contributed by atoms with Gasteiger partial charge in [-0.2, -0.15) is 0 Å². The maximum absolute atomic E-state index is 12.5. The third-order valence-electron chi connectivity index (χ3n) is 4.71. The summed E-state index contributed by atoms with van der Waals surface area (Å²) >= 11 is 0. The number of nitrogens with one attached hydrogen (secondary N) is 2. The molecule has 1 aromatic rings. The second kappa shape index (κ2) is 8.33. The molecule has 2 N–H and O–H groups in total. The Morgan fingerprint density at radius 1 is 1.05 bits per heavy atom. The molecule has 0 unspecified atom stereocenters. The van der Waals surface area contributed by atoms with Crippen molar-refractivity contribution in [1.82, 2.24) is 5.32 Å². The Morgan fingerprint density at radius 3 is 2.18 bits per heavy atom. The molecule has 122 valence electrons. The number of carbonyl (C=O) groups is 1. The Hall–Kier alpha value is -1.35. The number of hydrogen-bond acceptors (Lipinski definition) is 2. The molecule has 1 aromatic carbocycles. The van der Waals surface area contributed by atoms with E-state index in [2.05, 4.69) is 10.6 Å². The summed E-state index contributed by atoms with van der Waals surface area (Å²) in [7, 11) is 0. The highest BCUT2D eigenvalue weighted by Gasteiger charge is 2.19. The first-order valence-corrected chi connectivity index (χ1v) is 8.71. The van der Waals surface area contributed by atoms with Gasteiger partial charge < -0.3 is 10.6 Å². The average Bonchev–Trinajstić information content (AvgIpc) is 2.45. The largest absolute Gasteiger partial charge is 0.324 e. The van der Waals surface area contributed by atoms with Crippen molar-refractivity contribution in [2.24, 2.45) is 0 Å². The first-order valence-electron chi connectivity index (χ1n) is 8.71. The highest BCUT2D eigenvalue weighted by atomic mass is 16.2. The van der Waals surface area contributed by atoms with Crippen LogP contribution in [0.2, 0.25) is 0 Å². The maximum Gasteiger partial charge on any atom is 0.241 e. The molecule has 0 heterocycles. The molecule has 3 nitrogen and oxygen atoms in total. The quantitative estimate of drug-likeness (QED) is 0.869. The van der Waals surface area contributed by atoms with Crippen LogP contribution in [0, 0.1) is 13.8 Å². The zero-order valence-corrected chi connectivity index (χ0v) is 14.2. The zero-order chi connectivity index (χ0) is 15.9. The van der Waals surface area contributed by atoms with Crippen molar-refractivity contribution in [1.29, 1.82) is 0 Å². The minimum absolute atomic E-state index is 0.0689. The molecule has 0 radical (unpaired) electrons. The summed E-state index contributed by atoms with van der Waals surface area (Å²) < 4.78 is 0. The average molecular weight is 302 g/mol. The van der Waals surface area contributed by atoms with Crippen molar-refractivity contribution < 1.29 is 4.79 Å². The van der Waals surface area contributed by atoms with Gasteiger partial charge in [-0.15, -0.1) is 0 Å². The van der Waals surface area contributed by atoms with Gasteiger partial charge in [-0.3, -0.25) is 4.79 Å². The van der Waals surface area contributed by atoms with E-state index in [0.717, 1.165) is 16.8 Å². The molecule has 3 heteroatoms. The molecule has 0 aromatic heterocycles. The lowest BCUT2D eigenvalue weighted by Crippen LogP contribution is -2.44. The lowest BCUT2D eigenvalue weighted by Gasteiger charge is -2.25. The minimum Gasteiger partial charge on any atom is -0.324 e. The van der Waals surface area contributed by atoms with Gasteiger partial charge in [0.05, 0.1) is 6.04 Å². The van der Waals surface area contributed by atoms with E-state index in [1.165, 1.54) is 44.9 Å². The van der Waals surface area contributed by atoms with E-state index in [0.29, 0.717) is 6.04 Å². The molecule has 22 heavy (non-hydrogen) atoms. The number of benzene rings is 1. The van der Waals surface area contributed by atoms with Crippen LogP contribution in [-0.2, 0) is 4.79 Å². The van der Waals surface area contributed by atoms with Gasteiger partial charge >= 0.3 is 0 Å². The van der Waals surface area contributed by atoms with Crippen molar-refractivity contribution in [3.05, 3.63) is 29.3 Å².